The summed E-state index contributed by atoms with van der Waals surface area (Å²) in [5, 5.41) is 0.618. The summed E-state index contributed by atoms with van der Waals surface area (Å²) < 4.78 is 11.7. The van der Waals surface area contributed by atoms with Gasteiger partial charge in [-0.2, -0.15) is 0 Å². The average molecular weight is 465 g/mol. The van der Waals surface area contributed by atoms with E-state index < -0.39 is 0 Å². The van der Waals surface area contributed by atoms with Gasteiger partial charge in [-0.3, -0.25) is 9.69 Å². The molecule has 0 unspecified atom stereocenters. The molecule has 1 saturated heterocycles. The molecular weight excluding hydrogens is 436 g/mol. The molecule has 5 nitrogen and oxygen atoms in total. The Morgan fingerprint density at radius 3 is 2.42 bits per heavy atom. The molecule has 0 saturated carbocycles. The van der Waals surface area contributed by atoms with Gasteiger partial charge in [0.2, 0.25) is 0 Å². The van der Waals surface area contributed by atoms with Crippen LogP contribution in [0.25, 0.3) is 0 Å². The minimum absolute atomic E-state index is 0.0430. The fraction of sp³-hybridized carbons (Fsp3) is 0.296. The summed E-state index contributed by atoms with van der Waals surface area (Å²) in [4.78, 5) is 17.5. The summed E-state index contributed by atoms with van der Waals surface area (Å²) in [7, 11) is 0. The van der Waals surface area contributed by atoms with Crippen LogP contribution in [0.3, 0.4) is 0 Å². The summed E-state index contributed by atoms with van der Waals surface area (Å²) in [5.41, 5.74) is 2.79. The van der Waals surface area contributed by atoms with Gasteiger partial charge in [0.15, 0.2) is 0 Å². The lowest BCUT2D eigenvalue weighted by Gasteiger charge is -2.35. The first-order valence-electron chi connectivity index (χ1n) is 11.3. The number of ether oxygens (including phenoxy) is 2. The maximum atomic E-state index is 13.2. The van der Waals surface area contributed by atoms with Crippen LogP contribution in [0.15, 0.2) is 72.8 Å². The van der Waals surface area contributed by atoms with E-state index in [-0.39, 0.29) is 5.91 Å². The van der Waals surface area contributed by atoms with Gasteiger partial charge in [0.25, 0.3) is 5.91 Å². The largest absolute Gasteiger partial charge is 0.493 e. The van der Waals surface area contributed by atoms with Gasteiger partial charge in [-0.05, 0) is 48.9 Å². The zero-order valence-electron chi connectivity index (χ0n) is 18.9. The number of amides is 1. The molecule has 0 radical (unpaired) electrons. The van der Waals surface area contributed by atoms with E-state index in [1.807, 2.05) is 48.2 Å². The number of halogens is 1. The molecule has 1 amide bonds. The Morgan fingerprint density at radius 1 is 0.909 bits per heavy atom. The lowest BCUT2D eigenvalue weighted by Crippen LogP contribution is -2.48. The Balaban J connectivity index is 1.40. The van der Waals surface area contributed by atoms with Gasteiger partial charge in [0.1, 0.15) is 18.1 Å². The van der Waals surface area contributed by atoms with E-state index in [0.29, 0.717) is 42.6 Å². The molecule has 3 aromatic rings. The van der Waals surface area contributed by atoms with Crippen molar-refractivity contribution >= 4 is 17.5 Å². The molecule has 0 N–H and O–H groups in total. The maximum Gasteiger partial charge on any atom is 0.253 e. The van der Waals surface area contributed by atoms with Crippen molar-refractivity contribution in [3.8, 4) is 11.5 Å². The summed E-state index contributed by atoms with van der Waals surface area (Å²) in [6.45, 7) is 6.85. The van der Waals surface area contributed by atoms with Crippen LogP contribution < -0.4 is 9.47 Å². The zero-order valence-corrected chi connectivity index (χ0v) is 19.6. The summed E-state index contributed by atoms with van der Waals surface area (Å²) in [6.07, 6.45) is 0. The van der Waals surface area contributed by atoms with Gasteiger partial charge in [0, 0.05) is 48.9 Å². The fourth-order valence-electron chi connectivity index (χ4n) is 3.97. The van der Waals surface area contributed by atoms with Crippen LogP contribution in [0.5, 0.6) is 11.5 Å². The minimum Gasteiger partial charge on any atom is -0.493 e. The van der Waals surface area contributed by atoms with Crippen molar-refractivity contribution in [1.29, 1.82) is 0 Å². The number of piperazine rings is 1. The van der Waals surface area contributed by atoms with Gasteiger partial charge in [-0.25, -0.2) is 0 Å². The van der Waals surface area contributed by atoms with Gasteiger partial charge in [-0.1, -0.05) is 48.0 Å². The summed E-state index contributed by atoms with van der Waals surface area (Å²) >= 11 is 6.06. The van der Waals surface area contributed by atoms with E-state index in [9.17, 15) is 4.79 Å². The predicted octanol–water partition coefficient (Wildman–Crippen LogP) is 5.28. The van der Waals surface area contributed by atoms with Gasteiger partial charge in [0.05, 0.1) is 6.61 Å². The maximum absolute atomic E-state index is 13.2. The standard InChI is InChI=1S/C27H29ClN2O3/c1-2-32-26-12-11-22(17-23(26)20-33-25-10-6-9-24(28)18-25)27(31)30-15-13-29(14-16-30)19-21-7-4-3-5-8-21/h3-12,17-18H,2,13-16,19-20H2,1H3. The van der Waals surface area contributed by atoms with E-state index in [2.05, 4.69) is 29.2 Å². The Morgan fingerprint density at radius 2 is 1.70 bits per heavy atom. The molecule has 0 spiro atoms. The van der Waals surface area contributed by atoms with Crippen molar-refractivity contribution in [2.24, 2.45) is 0 Å². The number of nitrogens with zero attached hydrogens (tertiary/aromatic N) is 2. The molecule has 33 heavy (non-hydrogen) atoms. The second-order valence-electron chi connectivity index (χ2n) is 8.06. The minimum atomic E-state index is 0.0430. The van der Waals surface area contributed by atoms with Gasteiger partial charge >= 0.3 is 0 Å². The molecular formula is C27H29ClN2O3. The average Bonchev–Trinajstić information content (AvgIpc) is 2.84. The smallest absolute Gasteiger partial charge is 0.253 e. The second-order valence-corrected chi connectivity index (χ2v) is 8.49. The van der Waals surface area contributed by atoms with Crippen LogP contribution in [0.1, 0.15) is 28.4 Å². The van der Waals surface area contributed by atoms with Gasteiger partial charge < -0.3 is 14.4 Å². The predicted molar refractivity (Wildman–Crippen MR) is 131 cm³/mol. The third-order valence-electron chi connectivity index (χ3n) is 5.71. The van der Waals surface area contributed by atoms with Crippen LogP contribution in [0.4, 0.5) is 0 Å². The molecule has 4 rings (SSSR count). The highest BCUT2D eigenvalue weighted by Gasteiger charge is 2.23. The van der Waals surface area contributed by atoms with Crippen molar-refractivity contribution in [3.05, 3.63) is 94.5 Å². The molecule has 0 aromatic heterocycles. The Kier molecular flexibility index (Phi) is 7.87. The number of benzene rings is 3. The molecule has 1 aliphatic rings. The van der Waals surface area contributed by atoms with E-state index >= 15 is 0 Å². The Bertz CT molecular complexity index is 1070. The highest BCUT2D eigenvalue weighted by atomic mass is 35.5. The molecule has 1 aliphatic heterocycles. The van der Waals surface area contributed by atoms with Crippen LogP contribution in [0.2, 0.25) is 5.02 Å². The third-order valence-corrected chi connectivity index (χ3v) is 5.94. The number of rotatable bonds is 8. The van der Waals surface area contributed by atoms with E-state index in [1.165, 1.54) is 5.56 Å². The first kappa shape index (κ1) is 23.1. The monoisotopic (exact) mass is 464 g/mol. The van der Waals surface area contributed by atoms with Crippen LogP contribution in [0, 0.1) is 0 Å². The normalized spacial score (nSPS) is 14.2. The van der Waals surface area contributed by atoms with Crippen LogP contribution in [-0.2, 0) is 13.2 Å². The number of carbonyl (C=O) groups is 1. The molecule has 0 bridgehead atoms. The highest BCUT2D eigenvalue weighted by Crippen LogP contribution is 2.25. The molecule has 1 heterocycles. The van der Waals surface area contributed by atoms with Crippen molar-refractivity contribution in [3.63, 3.8) is 0 Å². The molecule has 0 aliphatic carbocycles. The third kappa shape index (κ3) is 6.28. The van der Waals surface area contributed by atoms with Crippen molar-refractivity contribution in [2.45, 2.75) is 20.1 Å². The first-order chi connectivity index (χ1) is 16.1. The van der Waals surface area contributed by atoms with Gasteiger partial charge in [-0.15, -0.1) is 0 Å². The number of carbonyl (C=O) groups excluding carboxylic acids is 1. The lowest BCUT2D eigenvalue weighted by molar-refractivity contribution is 0.0628. The molecule has 1 fully saturated rings. The van der Waals surface area contributed by atoms with Crippen molar-refractivity contribution < 1.29 is 14.3 Å². The van der Waals surface area contributed by atoms with Crippen molar-refractivity contribution in [1.82, 2.24) is 9.80 Å². The fourth-order valence-corrected chi connectivity index (χ4v) is 4.15. The topological polar surface area (TPSA) is 42.0 Å². The molecule has 6 heteroatoms. The van der Waals surface area contributed by atoms with E-state index in [1.54, 1.807) is 12.1 Å². The molecule has 0 atom stereocenters. The Hall–Kier alpha value is -3.02. The second kappa shape index (κ2) is 11.2. The van der Waals surface area contributed by atoms with Crippen LogP contribution in [-0.4, -0.2) is 48.5 Å². The first-order valence-corrected chi connectivity index (χ1v) is 11.7. The molecule has 172 valence electrons. The van der Waals surface area contributed by atoms with Crippen molar-refractivity contribution in [2.75, 3.05) is 32.8 Å². The zero-order chi connectivity index (χ0) is 23.0. The summed E-state index contributed by atoms with van der Waals surface area (Å²) in [5.74, 6) is 1.45. The number of hydrogen-bond donors (Lipinski definition) is 0. The summed E-state index contributed by atoms with van der Waals surface area (Å²) in [6, 6.07) is 23.3. The van der Waals surface area contributed by atoms with E-state index in [4.69, 9.17) is 21.1 Å². The lowest BCUT2D eigenvalue weighted by atomic mass is 10.1. The van der Waals surface area contributed by atoms with E-state index in [0.717, 1.165) is 30.9 Å². The quantitative estimate of drug-likeness (QED) is 0.455. The number of hydrogen-bond acceptors (Lipinski definition) is 4. The van der Waals surface area contributed by atoms with Crippen LogP contribution >= 0.6 is 11.6 Å². The highest BCUT2D eigenvalue weighted by molar-refractivity contribution is 6.30. The Labute approximate surface area is 200 Å². The molecule has 3 aromatic carbocycles. The SMILES string of the molecule is CCOc1ccc(C(=O)N2CCN(Cc3ccccc3)CC2)cc1COc1cccc(Cl)c1.